The number of benzene rings is 1. The normalized spacial score (nSPS) is 16.4. The largest absolute Gasteiger partial charge is 0.468 e. The van der Waals surface area contributed by atoms with E-state index in [9.17, 15) is 13.2 Å². The fraction of sp³-hybridized carbons (Fsp3) is 0.389. The molecule has 6 nitrogen and oxygen atoms in total. The van der Waals surface area contributed by atoms with Crippen molar-refractivity contribution >= 4 is 33.4 Å². The summed E-state index contributed by atoms with van der Waals surface area (Å²) in [5, 5.41) is 2.87. The second kappa shape index (κ2) is 8.64. The average molecular weight is 395 g/mol. The second-order valence-corrected chi connectivity index (χ2v) is 9.15. The minimum absolute atomic E-state index is 0.163. The van der Waals surface area contributed by atoms with Crippen LogP contribution in [0.3, 0.4) is 0 Å². The van der Waals surface area contributed by atoms with Crippen molar-refractivity contribution in [3.05, 3.63) is 54.0 Å². The summed E-state index contributed by atoms with van der Waals surface area (Å²) in [7, 11) is -3.28. The predicted octanol–water partition coefficient (Wildman–Crippen LogP) is 2.87. The first-order valence-corrected chi connectivity index (χ1v) is 11.3. The van der Waals surface area contributed by atoms with Crippen molar-refractivity contribution in [2.75, 3.05) is 28.9 Å². The molecule has 1 N–H and O–H groups in total. The van der Waals surface area contributed by atoms with E-state index in [4.69, 9.17) is 4.42 Å². The van der Waals surface area contributed by atoms with Crippen molar-refractivity contribution in [2.24, 2.45) is 0 Å². The number of hydrogen-bond acceptors (Lipinski definition) is 5. The fourth-order valence-electron chi connectivity index (χ4n) is 2.79. The van der Waals surface area contributed by atoms with Crippen molar-refractivity contribution in [1.29, 1.82) is 0 Å². The van der Waals surface area contributed by atoms with Gasteiger partial charge in [0.15, 0.2) is 0 Å². The molecule has 0 bridgehead atoms. The first kappa shape index (κ1) is 18.8. The van der Waals surface area contributed by atoms with Crippen molar-refractivity contribution in [2.45, 2.75) is 18.6 Å². The van der Waals surface area contributed by atoms with Gasteiger partial charge in [0.2, 0.25) is 10.0 Å². The van der Waals surface area contributed by atoms with Gasteiger partial charge in [0.1, 0.15) is 5.76 Å². The van der Waals surface area contributed by atoms with Gasteiger partial charge in [0.25, 0.3) is 5.91 Å². The molecule has 8 heteroatoms. The van der Waals surface area contributed by atoms with Crippen LogP contribution in [0.2, 0.25) is 0 Å². The van der Waals surface area contributed by atoms with E-state index in [-0.39, 0.29) is 11.7 Å². The Morgan fingerprint density at radius 2 is 2.12 bits per heavy atom. The van der Waals surface area contributed by atoms with Crippen molar-refractivity contribution in [1.82, 2.24) is 5.32 Å². The number of furan rings is 1. The first-order chi connectivity index (χ1) is 12.6. The minimum Gasteiger partial charge on any atom is -0.468 e. The highest BCUT2D eigenvalue weighted by Crippen LogP contribution is 2.24. The van der Waals surface area contributed by atoms with Gasteiger partial charge in [-0.15, -0.1) is 0 Å². The monoisotopic (exact) mass is 394 g/mol. The van der Waals surface area contributed by atoms with E-state index < -0.39 is 10.0 Å². The van der Waals surface area contributed by atoms with Gasteiger partial charge in [0.05, 0.1) is 23.5 Å². The van der Waals surface area contributed by atoms with Crippen LogP contribution in [0.4, 0.5) is 5.69 Å². The quantitative estimate of drug-likeness (QED) is 0.731. The summed E-state index contributed by atoms with van der Waals surface area (Å²) < 4.78 is 31.1. The van der Waals surface area contributed by atoms with Gasteiger partial charge in [-0.1, -0.05) is 6.07 Å². The van der Waals surface area contributed by atoms with Crippen molar-refractivity contribution in [3.63, 3.8) is 0 Å². The molecule has 2 heterocycles. The lowest BCUT2D eigenvalue weighted by molar-refractivity contribution is 0.0956. The number of rotatable bonds is 7. The number of carbonyl (C=O) groups excluding carboxylic acids is 1. The minimum atomic E-state index is -3.28. The summed E-state index contributed by atoms with van der Waals surface area (Å²) in [5.41, 5.74) is 1.03. The second-order valence-electron chi connectivity index (χ2n) is 6.03. The molecule has 0 saturated carbocycles. The molecule has 0 spiro atoms. The lowest BCUT2D eigenvalue weighted by Gasteiger charge is -2.28. The standard InChI is InChI=1S/C18H22N2O4S2/c21-18(19-8-11-25-14-17-7-4-10-24-17)15-5-3-6-16(13-15)20-9-1-2-12-26(20,22)23/h3-7,10,13H,1-2,8-9,11-12,14H2,(H,19,21). The number of sulfonamides is 1. The molecule has 1 fully saturated rings. The lowest BCUT2D eigenvalue weighted by atomic mass is 10.2. The highest BCUT2D eigenvalue weighted by molar-refractivity contribution is 7.98. The summed E-state index contributed by atoms with van der Waals surface area (Å²) in [6.45, 7) is 1.01. The molecular weight excluding hydrogens is 372 g/mol. The number of anilines is 1. The Labute approximate surface area is 158 Å². The maximum absolute atomic E-state index is 12.3. The Morgan fingerprint density at radius 3 is 2.88 bits per heavy atom. The molecular formula is C18H22N2O4S2. The van der Waals surface area contributed by atoms with Gasteiger partial charge < -0.3 is 9.73 Å². The SMILES string of the molecule is O=C(NCCSCc1ccco1)c1cccc(N2CCCCS2(=O)=O)c1. The Bertz CT molecular complexity index is 835. The zero-order valence-electron chi connectivity index (χ0n) is 14.4. The van der Waals surface area contributed by atoms with Crippen LogP contribution in [0.5, 0.6) is 0 Å². The van der Waals surface area contributed by atoms with Gasteiger partial charge in [-0.3, -0.25) is 9.10 Å². The molecule has 1 aliphatic rings. The van der Waals surface area contributed by atoms with Crippen LogP contribution < -0.4 is 9.62 Å². The Balaban J connectivity index is 1.53. The van der Waals surface area contributed by atoms with Crippen LogP contribution in [-0.4, -0.2) is 38.9 Å². The summed E-state index contributed by atoms with van der Waals surface area (Å²) in [4.78, 5) is 12.3. The number of nitrogens with one attached hydrogen (secondary N) is 1. The molecule has 3 rings (SSSR count). The van der Waals surface area contributed by atoms with E-state index in [2.05, 4.69) is 5.32 Å². The van der Waals surface area contributed by atoms with Gasteiger partial charge in [-0.25, -0.2) is 8.42 Å². The van der Waals surface area contributed by atoms with Crippen molar-refractivity contribution in [3.8, 4) is 0 Å². The molecule has 1 aromatic carbocycles. The summed E-state index contributed by atoms with van der Waals surface area (Å²) in [6.07, 6.45) is 3.17. The zero-order valence-corrected chi connectivity index (χ0v) is 16.0. The molecule has 1 amide bonds. The fourth-order valence-corrected chi connectivity index (χ4v) is 5.17. The number of thioether (sulfide) groups is 1. The van der Waals surface area contributed by atoms with Crippen LogP contribution in [0.1, 0.15) is 29.0 Å². The number of nitrogens with zero attached hydrogens (tertiary/aromatic N) is 1. The van der Waals surface area contributed by atoms with E-state index in [1.165, 1.54) is 4.31 Å². The van der Waals surface area contributed by atoms with Crippen LogP contribution in [0.25, 0.3) is 0 Å². The molecule has 140 valence electrons. The Kier molecular flexibility index (Phi) is 6.26. The van der Waals surface area contributed by atoms with Crippen molar-refractivity contribution < 1.29 is 17.6 Å². The number of hydrogen-bond donors (Lipinski definition) is 1. The van der Waals surface area contributed by atoms with E-state index in [0.29, 0.717) is 30.8 Å². The summed E-state index contributed by atoms with van der Waals surface area (Å²) in [5.74, 6) is 2.42. The maximum atomic E-state index is 12.3. The molecule has 1 saturated heterocycles. The molecule has 0 radical (unpaired) electrons. The predicted molar refractivity (Wildman–Crippen MR) is 104 cm³/mol. The molecule has 1 aliphatic heterocycles. The van der Waals surface area contributed by atoms with E-state index in [1.807, 2.05) is 12.1 Å². The topological polar surface area (TPSA) is 79.6 Å². The molecule has 26 heavy (non-hydrogen) atoms. The van der Waals surface area contributed by atoms with Gasteiger partial charge in [-0.05, 0) is 43.2 Å². The Morgan fingerprint density at radius 1 is 1.23 bits per heavy atom. The van der Waals surface area contributed by atoms with Crippen LogP contribution in [0.15, 0.2) is 47.1 Å². The van der Waals surface area contributed by atoms with Crippen LogP contribution in [-0.2, 0) is 15.8 Å². The third-order valence-corrected chi connectivity index (χ3v) is 6.95. The van der Waals surface area contributed by atoms with E-state index in [1.54, 1.807) is 42.3 Å². The highest BCUT2D eigenvalue weighted by atomic mass is 32.2. The summed E-state index contributed by atoms with van der Waals surface area (Å²) >= 11 is 1.68. The average Bonchev–Trinajstić information content (AvgIpc) is 3.14. The van der Waals surface area contributed by atoms with Crippen LogP contribution >= 0.6 is 11.8 Å². The molecule has 0 atom stereocenters. The molecule has 0 aliphatic carbocycles. The van der Waals surface area contributed by atoms with Gasteiger partial charge in [-0.2, -0.15) is 11.8 Å². The Hall–Kier alpha value is -1.93. The summed E-state index contributed by atoms with van der Waals surface area (Å²) in [6, 6.07) is 10.6. The molecule has 2 aromatic rings. The van der Waals surface area contributed by atoms with Gasteiger partial charge >= 0.3 is 0 Å². The van der Waals surface area contributed by atoms with Crippen LogP contribution in [0, 0.1) is 0 Å². The molecule has 0 unspecified atom stereocenters. The smallest absolute Gasteiger partial charge is 0.251 e. The lowest BCUT2D eigenvalue weighted by Crippen LogP contribution is -2.38. The molecule has 1 aromatic heterocycles. The van der Waals surface area contributed by atoms with E-state index >= 15 is 0 Å². The first-order valence-electron chi connectivity index (χ1n) is 8.55. The zero-order chi connectivity index (χ0) is 18.4. The van der Waals surface area contributed by atoms with E-state index in [0.717, 1.165) is 23.7 Å². The third-order valence-electron chi connectivity index (χ3n) is 4.10. The highest BCUT2D eigenvalue weighted by Gasteiger charge is 2.26. The van der Waals surface area contributed by atoms with Gasteiger partial charge in [0, 0.05) is 24.4 Å². The maximum Gasteiger partial charge on any atom is 0.251 e. The third kappa shape index (κ3) is 4.82. The number of carbonyl (C=O) groups is 1. The number of amides is 1.